The Hall–Kier alpha value is -2.20. The molecule has 0 fully saturated rings. The number of benzene rings is 2. The molecule has 0 atom stereocenters. The van der Waals surface area contributed by atoms with Crippen molar-refractivity contribution < 1.29 is 4.74 Å². The van der Waals surface area contributed by atoms with Crippen molar-refractivity contribution in [3.63, 3.8) is 0 Å². The Morgan fingerprint density at radius 3 is 2.60 bits per heavy atom. The number of halogens is 1. The highest BCUT2D eigenvalue weighted by Crippen LogP contribution is 2.18. The predicted molar refractivity (Wildman–Crippen MR) is 81.3 cm³/mol. The molecule has 3 rings (SSSR count). The molecule has 4 nitrogen and oxygen atoms in total. The first-order chi connectivity index (χ1) is 9.83. The summed E-state index contributed by atoms with van der Waals surface area (Å²) in [5.74, 6) is 1.63. The van der Waals surface area contributed by atoms with Crippen molar-refractivity contribution >= 4 is 23.1 Å². The Bertz CT molecular complexity index is 598. The van der Waals surface area contributed by atoms with Gasteiger partial charge in [-0.05, 0) is 36.4 Å². The topological polar surface area (TPSA) is 36.9 Å². The third-order valence-corrected chi connectivity index (χ3v) is 3.25. The molecule has 0 amide bonds. The Labute approximate surface area is 122 Å². The highest BCUT2D eigenvalue weighted by molar-refractivity contribution is 6.30. The van der Waals surface area contributed by atoms with Crippen molar-refractivity contribution in [2.45, 2.75) is 0 Å². The number of anilines is 1. The van der Waals surface area contributed by atoms with E-state index in [0.717, 1.165) is 17.3 Å². The van der Waals surface area contributed by atoms with Gasteiger partial charge in [0.15, 0.2) is 5.84 Å². The van der Waals surface area contributed by atoms with Gasteiger partial charge in [-0.2, -0.15) is 5.10 Å². The summed E-state index contributed by atoms with van der Waals surface area (Å²) in [4.78, 5) is 2.08. The van der Waals surface area contributed by atoms with Gasteiger partial charge in [0.1, 0.15) is 19.0 Å². The van der Waals surface area contributed by atoms with Gasteiger partial charge in [0.2, 0.25) is 0 Å². The minimum Gasteiger partial charge on any atom is -0.486 e. The van der Waals surface area contributed by atoms with Crippen LogP contribution in [0.15, 0.2) is 59.7 Å². The third kappa shape index (κ3) is 2.86. The highest BCUT2D eigenvalue weighted by Gasteiger charge is 2.18. The van der Waals surface area contributed by atoms with E-state index in [1.165, 1.54) is 0 Å². The molecular weight excluding hydrogens is 274 g/mol. The number of hydrogen-bond donors (Lipinski definition) is 1. The largest absolute Gasteiger partial charge is 0.486 e. The van der Waals surface area contributed by atoms with E-state index in [1.54, 1.807) is 12.1 Å². The minimum absolute atomic E-state index is 0.406. The molecule has 0 radical (unpaired) electrons. The van der Waals surface area contributed by atoms with Crippen molar-refractivity contribution in [2.24, 2.45) is 5.10 Å². The normalized spacial score (nSPS) is 13.8. The maximum atomic E-state index is 5.84. The summed E-state index contributed by atoms with van der Waals surface area (Å²) < 4.78 is 5.73. The monoisotopic (exact) mass is 287 g/mol. The van der Waals surface area contributed by atoms with E-state index in [2.05, 4.69) is 15.4 Å². The molecule has 1 aliphatic heterocycles. The molecule has 1 heterocycles. The Morgan fingerprint density at radius 2 is 1.85 bits per heavy atom. The zero-order valence-corrected chi connectivity index (χ0v) is 11.5. The average molecular weight is 288 g/mol. The van der Waals surface area contributed by atoms with Crippen LogP contribution >= 0.6 is 11.6 Å². The summed E-state index contributed by atoms with van der Waals surface area (Å²) in [7, 11) is 0. The van der Waals surface area contributed by atoms with Crippen LogP contribution in [-0.2, 0) is 0 Å². The standard InChI is InChI=1S/C15H14ClN3O/c16-12-6-8-14(9-7-12)20-10-15-18-17-11-19(15)13-4-2-1-3-5-13/h1-9,17H,10-11H2. The van der Waals surface area contributed by atoms with Gasteiger partial charge >= 0.3 is 0 Å². The van der Waals surface area contributed by atoms with Gasteiger partial charge in [-0.25, -0.2) is 0 Å². The van der Waals surface area contributed by atoms with Crippen LogP contribution < -0.4 is 15.1 Å². The Morgan fingerprint density at radius 1 is 1.10 bits per heavy atom. The molecule has 0 bridgehead atoms. The third-order valence-electron chi connectivity index (χ3n) is 3.00. The van der Waals surface area contributed by atoms with E-state index in [1.807, 2.05) is 42.5 Å². The van der Waals surface area contributed by atoms with Gasteiger partial charge in [-0.15, -0.1) is 0 Å². The first kappa shape index (κ1) is 12.8. The second kappa shape index (κ2) is 5.84. The van der Waals surface area contributed by atoms with Crippen LogP contribution in [0, 0.1) is 0 Å². The van der Waals surface area contributed by atoms with Crippen molar-refractivity contribution in [1.82, 2.24) is 5.43 Å². The van der Waals surface area contributed by atoms with Crippen LogP contribution in [0.1, 0.15) is 0 Å². The van der Waals surface area contributed by atoms with Crippen molar-refractivity contribution in [1.29, 1.82) is 0 Å². The van der Waals surface area contributed by atoms with Gasteiger partial charge in [0.25, 0.3) is 0 Å². The lowest BCUT2D eigenvalue weighted by Crippen LogP contribution is -2.32. The molecule has 102 valence electrons. The van der Waals surface area contributed by atoms with Gasteiger partial charge < -0.3 is 9.64 Å². The molecule has 0 saturated carbocycles. The van der Waals surface area contributed by atoms with E-state index in [0.29, 0.717) is 18.3 Å². The number of hydrogen-bond acceptors (Lipinski definition) is 4. The summed E-state index contributed by atoms with van der Waals surface area (Å²) in [6, 6.07) is 17.4. The molecule has 20 heavy (non-hydrogen) atoms. The summed E-state index contributed by atoms with van der Waals surface area (Å²) in [5.41, 5.74) is 4.07. The SMILES string of the molecule is Clc1ccc(OCC2=NNCN2c2ccccc2)cc1. The Kier molecular flexibility index (Phi) is 3.74. The van der Waals surface area contributed by atoms with E-state index < -0.39 is 0 Å². The van der Waals surface area contributed by atoms with E-state index >= 15 is 0 Å². The van der Waals surface area contributed by atoms with E-state index in [9.17, 15) is 0 Å². The maximum Gasteiger partial charge on any atom is 0.168 e. The van der Waals surface area contributed by atoms with Crippen molar-refractivity contribution in [2.75, 3.05) is 18.2 Å². The molecule has 0 aromatic heterocycles. The predicted octanol–water partition coefficient (Wildman–Crippen LogP) is 3.10. The first-order valence-corrected chi connectivity index (χ1v) is 6.71. The van der Waals surface area contributed by atoms with Gasteiger partial charge in [-0.1, -0.05) is 29.8 Å². The Balaban J connectivity index is 1.66. The summed E-state index contributed by atoms with van der Waals surface area (Å²) in [6.45, 7) is 1.06. The van der Waals surface area contributed by atoms with E-state index in [-0.39, 0.29) is 0 Å². The van der Waals surface area contributed by atoms with Gasteiger partial charge in [0, 0.05) is 10.7 Å². The number of hydrazone groups is 1. The number of rotatable bonds is 4. The fourth-order valence-electron chi connectivity index (χ4n) is 1.99. The number of nitrogens with one attached hydrogen (secondary N) is 1. The molecular formula is C15H14ClN3O. The summed E-state index contributed by atoms with van der Waals surface area (Å²) in [5, 5.41) is 4.96. The summed E-state index contributed by atoms with van der Waals surface area (Å²) in [6.07, 6.45) is 0. The molecule has 0 unspecified atom stereocenters. The molecule has 2 aromatic rings. The van der Waals surface area contributed by atoms with E-state index in [4.69, 9.17) is 16.3 Å². The fourth-order valence-corrected chi connectivity index (χ4v) is 2.11. The summed E-state index contributed by atoms with van der Waals surface area (Å²) >= 11 is 5.84. The quantitative estimate of drug-likeness (QED) is 0.939. The highest BCUT2D eigenvalue weighted by atomic mass is 35.5. The first-order valence-electron chi connectivity index (χ1n) is 6.33. The smallest absolute Gasteiger partial charge is 0.168 e. The van der Waals surface area contributed by atoms with Crippen LogP contribution in [0.4, 0.5) is 5.69 Å². The zero-order valence-electron chi connectivity index (χ0n) is 10.8. The maximum absolute atomic E-state index is 5.84. The van der Waals surface area contributed by atoms with Crippen LogP contribution in [0.5, 0.6) is 5.75 Å². The van der Waals surface area contributed by atoms with Crippen LogP contribution in [-0.4, -0.2) is 19.1 Å². The van der Waals surface area contributed by atoms with Crippen molar-refractivity contribution in [3.05, 3.63) is 59.6 Å². The van der Waals surface area contributed by atoms with Crippen molar-refractivity contribution in [3.8, 4) is 5.75 Å². The van der Waals surface area contributed by atoms with Crippen LogP contribution in [0.25, 0.3) is 0 Å². The molecule has 0 spiro atoms. The number of nitrogens with zero attached hydrogens (tertiary/aromatic N) is 2. The number of ether oxygens (including phenoxy) is 1. The second-order valence-electron chi connectivity index (χ2n) is 4.35. The molecule has 0 saturated heterocycles. The zero-order chi connectivity index (χ0) is 13.8. The van der Waals surface area contributed by atoms with Crippen LogP contribution in [0.3, 0.4) is 0 Å². The average Bonchev–Trinajstić information content (AvgIpc) is 2.96. The molecule has 2 aromatic carbocycles. The lowest BCUT2D eigenvalue weighted by atomic mass is 10.3. The molecule has 1 aliphatic rings. The number of para-hydroxylation sites is 1. The molecule has 5 heteroatoms. The lowest BCUT2D eigenvalue weighted by Gasteiger charge is -2.19. The van der Waals surface area contributed by atoms with Gasteiger partial charge in [-0.3, -0.25) is 5.43 Å². The molecule has 0 aliphatic carbocycles. The second-order valence-corrected chi connectivity index (χ2v) is 4.79. The van der Waals surface area contributed by atoms with Crippen LogP contribution in [0.2, 0.25) is 5.02 Å². The molecule has 1 N–H and O–H groups in total. The van der Waals surface area contributed by atoms with Gasteiger partial charge in [0.05, 0.1) is 0 Å². The minimum atomic E-state index is 0.406. The fraction of sp³-hybridized carbons (Fsp3) is 0.133. The lowest BCUT2D eigenvalue weighted by molar-refractivity contribution is 0.375. The number of amidine groups is 1.